The van der Waals surface area contributed by atoms with Gasteiger partial charge in [-0.2, -0.15) is 0 Å². The Kier molecular flexibility index (Phi) is 3.75. The van der Waals surface area contributed by atoms with Crippen molar-refractivity contribution >= 4 is 44.5 Å². The third kappa shape index (κ3) is 2.60. The van der Waals surface area contributed by atoms with E-state index in [9.17, 15) is 0 Å². The van der Waals surface area contributed by atoms with Gasteiger partial charge >= 0.3 is 0 Å². The number of halogens is 1. The highest BCUT2D eigenvalue weighted by Gasteiger charge is 2.15. The van der Waals surface area contributed by atoms with E-state index in [0.29, 0.717) is 23.3 Å². The first-order valence-electron chi connectivity index (χ1n) is 7.81. The average molecular weight is 427 g/mol. The first kappa shape index (κ1) is 15.6. The largest absolute Gasteiger partial charge is 0.420 e. The van der Waals surface area contributed by atoms with Gasteiger partial charge in [-0.05, 0) is 40.2 Å². The predicted octanol–water partition coefficient (Wildman–Crippen LogP) is 4.32. The van der Waals surface area contributed by atoms with Crippen molar-refractivity contribution in [3.8, 4) is 11.5 Å². The number of fused-ring (bicyclic) bond motifs is 3. The number of hydrogen-bond donors (Lipinski definition) is 1. The Balaban J connectivity index is 1.42. The number of aromatic amines is 1. The minimum absolute atomic E-state index is 0.494. The highest BCUT2D eigenvalue weighted by molar-refractivity contribution is 9.10. The number of nitrogens with one attached hydrogen (secondary N) is 1. The van der Waals surface area contributed by atoms with Crippen LogP contribution in [0.3, 0.4) is 0 Å². The van der Waals surface area contributed by atoms with E-state index in [1.54, 1.807) is 0 Å². The molecular formula is C17H11BrN6OS. The molecule has 7 nitrogen and oxygen atoms in total. The van der Waals surface area contributed by atoms with E-state index in [4.69, 9.17) is 4.42 Å². The second-order valence-electron chi connectivity index (χ2n) is 5.54. The second-order valence-corrected chi connectivity index (χ2v) is 7.33. The molecule has 0 aliphatic rings. The van der Waals surface area contributed by atoms with E-state index in [-0.39, 0.29) is 0 Å². The van der Waals surface area contributed by atoms with Crippen molar-refractivity contribution in [2.24, 2.45) is 0 Å². The Labute approximate surface area is 160 Å². The molecule has 0 unspecified atom stereocenters. The van der Waals surface area contributed by atoms with Crippen molar-refractivity contribution in [2.45, 2.75) is 10.9 Å². The normalized spacial score (nSPS) is 11.6. The minimum Gasteiger partial charge on any atom is -0.420 e. The van der Waals surface area contributed by atoms with E-state index in [1.165, 1.54) is 11.8 Å². The molecule has 0 saturated heterocycles. The molecule has 2 aromatic carbocycles. The summed E-state index contributed by atoms with van der Waals surface area (Å²) in [7, 11) is 0. The summed E-state index contributed by atoms with van der Waals surface area (Å²) in [6.45, 7) is 0. The first-order valence-corrected chi connectivity index (χ1v) is 9.59. The molecule has 0 spiro atoms. The molecule has 0 aliphatic heterocycles. The molecule has 0 atom stereocenters. The zero-order chi connectivity index (χ0) is 17.5. The minimum atomic E-state index is 0.494. The van der Waals surface area contributed by atoms with Gasteiger partial charge in [-0.3, -0.25) is 4.40 Å². The van der Waals surface area contributed by atoms with Crippen molar-refractivity contribution in [3.05, 3.63) is 58.9 Å². The molecule has 0 bridgehead atoms. The van der Waals surface area contributed by atoms with E-state index in [1.807, 2.05) is 52.9 Å². The maximum Gasteiger partial charge on any atom is 0.248 e. The molecular weight excluding hydrogens is 416 g/mol. The molecule has 3 aromatic heterocycles. The van der Waals surface area contributed by atoms with Crippen molar-refractivity contribution in [3.63, 3.8) is 0 Å². The van der Waals surface area contributed by atoms with E-state index in [2.05, 4.69) is 41.3 Å². The van der Waals surface area contributed by atoms with Crippen LogP contribution in [0.4, 0.5) is 0 Å². The molecule has 128 valence electrons. The summed E-state index contributed by atoms with van der Waals surface area (Å²) in [6.07, 6.45) is 0. The van der Waals surface area contributed by atoms with Gasteiger partial charge in [0.25, 0.3) is 0 Å². The van der Waals surface area contributed by atoms with Gasteiger partial charge in [0.2, 0.25) is 17.6 Å². The van der Waals surface area contributed by atoms with Crippen molar-refractivity contribution in [1.82, 2.24) is 29.8 Å². The van der Waals surface area contributed by atoms with Gasteiger partial charge in [-0.25, -0.2) is 10.1 Å². The lowest BCUT2D eigenvalue weighted by atomic mass is 10.2. The van der Waals surface area contributed by atoms with E-state index in [0.717, 1.165) is 26.2 Å². The number of nitrogens with zero attached hydrogens (tertiary/aromatic N) is 5. The number of imidazole rings is 1. The zero-order valence-electron chi connectivity index (χ0n) is 13.3. The number of para-hydroxylation sites is 2. The standard InChI is InChI=1S/C17H11BrN6OS/c18-11-6-2-1-5-10(11)15-21-20-14(25-15)9-26-17-23-22-16-19-12-7-3-4-8-13(12)24(16)17/h1-8H,9H2,(H,19,22). The van der Waals surface area contributed by atoms with Crippen LogP contribution >= 0.6 is 27.7 Å². The van der Waals surface area contributed by atoms with Crippen LogP contribution in [0.1, 0.15) is 5.89 Å². The summed E-state index contributed by atoms with van der Waals surface area (Å²) in [5, 5.41) is 16.4. The van der Waals surface area contributed by atoms with Crippen LogP contribution < -0.4 is 0 Å². The first-order chi connectivity index (χ1) is 12.8. The summed E-state index contributed by atoms with van der Waals surface area (Å²) in [5.74, 6) is 2.27. The fourth-order valence-electron chi connectivity index (χ4n) is 2.72. The molecule has 0 saturated carbocycles. The van der Waals surface area contributed by atoms with Crippen LogP contribution in [0.2, 0.25) is 0 Å². The monoisotopic (exact) mass is 426 g/mol. The predicted molar refractivity (Wildman–Crippen MR) is 102 cm³/mol. The van der Waals surface area contributed by atoms with Crippen LogP contribution in [0.25, 0.3) is 28.3 Å². The Bertz CT molecular complexity index is 1230. The topological polar surface area (TPSA) is 84.9 Å². The Morgan fingerprint density at radius 2 is 1.92 bits per heavy atom. The summed E-state index contributed by atoms with van der Waals surface area (Å²) >= 11 is 5.02. The Morgan fingerprint density at radius 1 is 1.08 bits per heavy atom. The molecule has 0 radical (unpaired) electrons. The maximum atomic E-state index is 5.79. The number of hydrogen-bond acceptors (Lipinski definition) is 6. The van der Waals surface area contributed by atoms with E-state index < -0.39 is 0 Å². The van der Waals surface area contributed by atoms with Gasteiger partial charge in [0.15, 0.2) is 5.16 Å². The summed E-state index contributed by atoms with van der Waals surface area (Å²) in [4.78, 5) is 4.52. The van der Waals surface area contributed by atoms with Crippen molar-refractivity contribution in [1.29, 1.82) is 0 Å². The summed E-state index contributed by atoms with van der Waals surface area (Å²) in [6, 6.07) is 15.7. The van der Waals surface area contributed by atoms with Gasteiger partial charge in [0.05, 0.1) is 22.3 Å². The number of thioether (sulfide) groups is 1. The van der Waals surface area contributed by atoms with Crippen LogP contribution in [0.5, 0.6) is 0 Å². The molecule has 0 fully saturated rings. The van der Waals surface area contributed by atoms with Crippen LogP contribution in [-0.2, 0) is 5.75 Å². The van der Waals surface area contributed by atoms with Crippen molar-refractivity contribution in [2.75, 3.05) is 0 Å². The molecule has 1 N–H and O–H groups in total. The fourth-order valence-corrected chi connectivity index (χ4v) is 3.97. The molecule has 9 heteroatoms. The molecule has 0 amide bonds. The summed E-state index contributed by atoms with van der Waals surface area (Å²) < 4.78 is 8.70. The Hall–Kier alpha value is -2.65. The molecule has 26 heavy (non-hydrogen) atoms. The molecule has 5 aromatic rings. The smallest absolute Gasteiger partial charge is 0.248 e. The van der Waals surface area contributed by atoms with Gasteiger partial charge in [0, 0.05) is 4.47 Å². The SMILES string of the molecule is Brc1ccccc1-c1nnc(CSc2n[nH]c3nc4ccccc4n23)o1. The lowest BCUT2D eigenvalue weighted by Crippen LogP contribution is -1.87. The van der Waals surface area contributed by atoms with Crippen LogP contribution in [0, 0.1) is 0 Å². The number of H-pyrrole nitrogens is 1. The summed E-state index contributed by atoms with van der Waals surface area (Å²) in [5.41, 5.74) is 2.81. The molecule has 0 aliphatic carbocycles. The lowest BCUT2D eigenvalue weighted by Gasteiger charge is -1.98. The number of benzene rings is 2. The van der Waals surface area contributed by atoms with Crippen molar-refractivity contribution < 1.29 is 4.42 Å². The zero-order valence-corrected chi connectivity index (χ0v) is 15.7. The highest BCUT2D eigenvalue weighted by Crippen LogP contribution is 2.29. The molecule has 5 rings (SSSR count). The second kappa shape index (κ2) is 6.26. The van der Waals surface area contributed by atoms with E-state index >= 15 is 0 Å². The van der Waals surface area contributed by atoms with Gasteiger partial charge < -0.3 is 4.42 Å². The fraction of sp³-hybridized carbons (Fsp3) is 0.0588. The average Bonchev–Trinajstić information content (AvgIpc) is 3.35. The molecule has 3 heterocycles. The quantitative estimate of drug-likeness (QED) is 0.430. The Morgan fingerprint density at radius 3 is 2.85 bits per heavy atom. The third-order valence-electron chi connectivity index (χ3n) is 3.90. The van der Waals surface area contributed by atoms with Gasteiger partial charge in [0.1, 0.15) is 0 Å². The number of aromatic nitrogens is 6. The maximum absolute atomic E-state index is 5.79. The number of rotatable bonds is 4. The third-order valence-corrected chi connectivity index (χ3v) is 5.51. The van der Waals surface area contributed by atoms with Crippen LogP contribution in [-0.4, -0.2) is 29.8 Å². The van der Waals surface area contributed by atoms with Gasteiger partial charge in [-0.15, -0.1) is 15.3 Å². The van der Waals surface area contributed by atoms with Gasteiger partial charge in [-0.1, -0.05) is 36.0 Å². The lowest BCUT2D eigenvalue weighted by molar-refractivity contribution is 0.528. The van der Waals surface area contributed by atoms with Crippen LogP contribution in [0.15, 0.2) is 62.6 Å². The highest BCUT2D eigenvalue weighted by atomic mass is 79.9.